The minimum Gasteiger partial charge on any atom is -0.453 e. The molecule has 0 aliphatic heterocycles. The summed E-state index contributed by atoms with van der Waals surface area (Å²) in [4.78, 5) is 0. The summed E-state index contributed by atoms with van der Waals surface area (Å²) in [6.07, 6.45) is 4.84. The zero-order valence-corrected chi connectivity index (χ0v) is 13.6. The van der Waals surface area contributed by atoms with Crippen LogP contribution in [0.2, 0.25) is 0 Å². The van der Waals surface area contributed by atoms with Gasteiger partial charge in [-0.15, -0.1) is 0 Å². The van der Waals surface area contributed by atoms with Crippen LogP contribution < -0.4 is 5.32 Å². The number of hydrogen-bond acceptors (Lipinski definition) is 4. The molecular formula is C13H20BrNO3S. The lowest BCUT2D eigenvalue weighted by Crippen LogP contribution is -2.34. The third-order valence-corrected chi connectivity index (χ3v) is 6.02. The maximum absolute atomic E-state index is 11.7. The van der Waals surface area contributed by atoms with Crippen molar-refractivity contribution in [1.29, 1.82) is 0 Å². The monoisotopic (exact) mass is 349 g/mol. The quantitative estimate of drug-likeness (QED) is 0.907. The molecule has 3 unspecified atom stereocenters. The molecule has 2 rings (SSSR count). The molecule has 1 fully saturated rings. The van der Waals surface area contributed by atoms with Crippen LogP contribution in [0.4, 0.5) is 0 Å². The molecule has 1 heterocycles. The third kappa shape index (κ3) is 3.61. The maximum atomic E-state index is 11.7. The van der Waals surface area contributed by atoms with Crippen LogP contribution in [0.15, 0.2) is 21.2 Å². The molecule has 0 bridgehead atoms. The Morgan fingerprint density at radius 3 is 2.68 bits per heavy atom. The lowest BCUT2D eigenvalue weighted by Gasteiger charge is -2.32. The Labute approximate surface area is 123 Å². The van der Waals surface area contributed by atoms with E-state index in [1.54, 1.807) is 0 Å². The van der Waals surface area contributed by atoms with E-state index in [0.717, 1.165) is 25.0 Å². The average molecular weight is 350 g/mol. The second-order valence-corrected chi connectivity index (χ2v) is 8.39. The molecule has 0 radical (unpaired) electrons. The van der Waals surface area contributed by atoms with E-state index < -0.39 is 9.84 Å². The van der Waals surface area contributed by atoms with Crippen molar-refractivity contribution in [1.82, 2.24) is 5.32 Å². The molecule has 0 spiro atoms. The van der Waals surface area contributed by atoms with Gasteiger partial charge in [0.15, 0.2) is 4.67 Å². The van der Waals surface area contributed by atoms with Gasteiger partial charge in [0.25, 0.3) is 0 Å². The topological polar surface area (TPSA) is 59.3 Å². The highest BCUT2D eigenvalue weighted by Gasteiger charge is 2.34. The smallest absolute Gasteiger partial charge is 0.169 e. The average Bonchev–Trinajstić information content (AvgIpc) is 2.76. The molecule has 1 saturated carbocycles. The van der Waals surface area contributed by atoms with Crippen LogP contribution in [0.25, 0.3) is 0 Å². The van der Waals surface area contributed by atoms with Crippen LogP contribution in [0, 0.1) is 5.92 Å². The van der Waals surface area contributed by atoms with Crippen LogP contribution in [0.1, 0.15) is 37.5 Å². The first-order chi connectivity index (χ1) is 8.91. The highest BCUT2D eigenvalue weighted by atomic mass is 79.9. The van der Waals surface area contributed by atoms with Crippen molar-refractivity contribution in [3.63, 3.8) is 0 Å². The fourth-order valence-electron chi connectivity index (χ4n) is 2.98. The van der Waals surface area contributed by atoms with E-state index in [-0.39, 0.29) is 11.3 Å². The van der Waals surface area contributed by atoms with E-state index in [0.29, 0.717) is 17.0 Å². The van der Waals surface area contributed by atoms with Gasteiger partial charge in [-0.3, -0.25) is 0 Å². The summed E-state index contributed by atoms with van der Waals surface area (Å²) < 4.78 is 29.8. The van der Waals surface area contributed by atoms with E-state index in [2.05, 4.69) is 21.2 Å². The Morgan fingerprint density at radius 2 is 2.16 bits per heavy atom. The Bertz CT molecular complexity index is 526. The summed E-state index contributed by atoms with van der Waals surface area (Å²) in [7, 11) is -1.05. The van der Waals surface area contributed by atoms with Gasteiger partial charge in [-0.25, -0.2) is 8.42 Å². The number of sulfone groups is 1. The molecular weight excluding hydrogens is 330 g/mol. The first-order valence-electron chi connectivity index (χ1n) is 6.53. The van der Waals surface area contributed by atoms with Gasteiger partial charge in [0, 0.05) is 6.26 Å². The molecule has 1 aromatic rings. The predicted molar refractivity (Wildman–Crippen MR) is 78.8 cm³/mol. The van der Waals surface area contributed by atoms with Crippen molar-refractivity contribution in [2.24, 2.45) is 5.92 Å². The molecule has 1 aromatic heterocycles. The zero-order chi connectivity index (χ0) is 14.0. The molecule has 0 aromatic carbocycles. The lowest BCUT2D eigenvalue weighted by atomic mass is 9.82. The second-order valence-electron chi connectivity index (χ2n) is 5.29. The van der Waals surface area contributed by atoms with Gasteiger partial charge < -0.3 is 9.73 Å². The molecule has 108 valence electrons. The number of hydrogen-bond donors (Lipinski definition) is 1. The van der Waals surface area contributed by atoms with Crippen LogP contribution in [0.3, 0.4) is 0 Å². The molecule has 1 N–H and O–H groups in total. The van der Waals surface area contributed by atoms with Gasteiger partial charge in [-0.05, 0) is 60.3 Å². The van der Waals surface area contributed by atoms with Gasteiger partial charge in [-0.1, -0.05) is 6.42 Å². The Morgan fingerprint density at radius 1 is 1.42 bits per heavy atom. The number of furan rings is 1. The minimum absolute atomic E-state index is 0.0795. The molecule has 3 atom stereocenters. The number of nitrogens with one attached hydrogen (secondary N) is 1. The van der Waals surface area contributed by atoms with Crippen LogP contribution in [-0.2, 0) is 9.84 Å². The molecule has 19 heavy (non-hydrogen) atoms. The van der Waals surface area contributed by atoms with Crippen molar-refractivity contribution in [2.45, 2.75) is 37.0 Å². The SMILES string of the molecule is CNC(c1ccc(Br)o1)C1CCCC(S(C)(=O)=O)C1. The standard InChI is InChI=1S/C13H20BrNO3S/c1-15-13(11-6-7-12(14)18-11)9-4-3-5-10(8-9)19(2,16)17/h6-7,9-10,13,15H,3-5,8H2,1-2H3. The van der Waals surface area contributed by atoms with E-state index >= 15 is 0 Å². The molecule has 0 saturated heterocycles. The van der Waals surface area contributed by atoms with E-state index in [1.807, 2.05) is 19.2 Å². The normalized spacial score (nSPS) is 26.3. The van der Waals surface area contributed by atoms with E-state index in [1.165, 1.54) is 6.26 Å². The van der Waals surface area contributed by atoms with Crippen molar-refractivity contribution < 1.29 is 12.8 Å². The first-order valence-corrected chi connectivity index (χ1v) is 9.28. The summed E-state index contributed by atoms with van der Waals surface area (Å²) >= 11 is 3.31. The summed E-state index contributed by atoms with van der Waals surface area (Å²) in [6, 6.07) is 3.89. The van der Waals surface area contributed by atoms with Crippen LogP contribution >= 0.6 is 15.9 Å². The van der Waals surface area contributed by atoms with Crippen molar-refractivity contribution >= 4 is 25.8 Å². The molecule has 6 heteroatoms. The molecule has 4 nitrogen and oxygen atoms in total. The van der Waals surface area contributed by atoms with Crippen molar-refractivity contribution in [2.75, 3.05) is 13.3 Å². The van der Waals surface area contributed by atoms with Gasteiger partial charge in [0.05, 0.1) is 11.3 Å². The van der Waals surface area contributed by atoms with E-state index in [9.17, 15) is 8.42 Å². The summed E-state index contributed by atoms with van der Waals surface area (Å²) in [5.74, 6) is 1.17. The Kier molecular flexibility index (Phi) is 4.74. The molecule has 0 amide bonds. The summed E-state index contributed by atoms with van der Waals surface area (Å²) in [5, 5.41) is 3.06. The summed E-state index contributed by atoms with van der Waals surface area (Å²) in [6.45, 7) is 0. The predicted octanol–water partition coefficient (Wildman–Crippen LogP) is 2.91. The highest BCUT2D eigenvalue weighted by molar-refractivity contribution is 9.10. The second kappa shape index (κ2) is 5.97. The third-order valence-electron chi connectivity index (χ3n) is 3.96. The van der Waals surface area contributed by atoms with Gasteiger partial charge in [0.1, 0.15) is 15.6 Å². The van der Waals surface area contributed by atoms with Gasteiger partial charge in [-0.2, -0.15) is 0 Å². The molecule has 1 aliphatic rings. The van der Waals surface area contributed by atoms with Crippen LogP contribution in [0.5, 0.6) is 0 Å². The highest BCUT2D eigenvalue weighted by Crippen LogP contribution is 2.37. The number of halogens is 1. The largest absolute Gasteiger partial charge is 0.453 e. The molecule has 1 aliphatic carbocycles. The van der Waals surface area contributed by atoms with Gasteiger partial charge >= 0.3 is 0 Å². The van der Waals surface area contributed by atoms with Gasteiger partial charge in [0.2, 0.25) is 0 Å². The van der Waals surface area contributed by atoms with Crippen molar-refractivity contribution in [3.05, 3.63) is 22.6 Å². The zero-order valence-electron chi connectivity index (χ0n) is 11.2. The fraction of sp³-hybridized carbons (Fsp3) is 0.692. The van der Waals surface area contributed by atoms with Crippen molar-refractivity contribution in [3.8, 4) is 0 Å². The van der Waals surface area contributed by atoms with E-state index in [4.69, 9.17) is 4.42 Å². The number of rotatable bonds is 4. The Hall–Kier alpha value is -0.330. The minimum atomic E-state index is -2.95. The lowest BCUT2D eigenvalue weighted by molar-refractivity contribution is 0.252. The van der Waals surface area contributed by atoms with Crippen LogP contribution in [-0.4, -0.2) is 27.0 Å². The first kappa shape index (κ1) is 15.1. The Balaban J connectivity index is 2.15. The summed E-state index contributed by atoms with van der Waals surface area (Å²) in [5.41, 5.74) is 0. The fourth-order valence-corrected chi connectivity index (χ4v) is 4.49. The maximum Gasteiger partial charge on any atom is 0.169 e.